The minimum absolute atomic E-state index is 0.0158. The molecule has 254 valence electrons. The highest BCUT2D eigenvalue weighted by atomic mass is 35.5. The average Bonchev–Trinajstić information content (AvgIpc) is 3.40. The van der Waals surface area contributed by atoms with Crippen molar-refractivity contribution in [3.63, 3.8) is 0 Å². The van der Waals surface area contributed by atoms with Crippen LogP contribution in [0.3, 0.4) is 0 Å². The fourth-order valence-corrected chi connectivity index (χ4v) is 8.86. The van der Waals surface area contributed by atoms with Gasteiger partial charge in [-0.15, -0.1) is 0 Å². The third-order valence-electron chi connectivity index (χ3n) is 9.99. The highest BCUT2D eigenvalue weighted by molar-refractivity contribution is 7.87. The van der Waals surface area contributed by atoms with Crippen LogP contribution in [0.2, 0.25) is 5.02 Å². The van der Waals surface area contributed by atoms with Gasteiger partial charge in [0, 0.05) is 17.4 Å². The molecule has 1 heterocycles. The second-order valence-corrected chi connectivity index (χ2v) is 14.8. The molecule has 1 aliphatic heterocycles. The summed E-state index contributed by atoms with van der Waals surface area (Å²) in [4.78, 5) is 57.2. The van der Waals surface area contributed by atoms with Crippen molar-refractivity contribution in [2.45, 2.75) is 23.7 Å². The number of benzene rings is 5. The normalized spacial score (nSPS) is 20.0. The SMILES string of the molecule is Cc1ccc(S(=O)(=O)Oc2ccc(C(=O)CN(C(=O)c3ccccc3Cl)N3C(=O)[C@H]4C5c6ccccc6C(c6ccccc65)[C@@H]4C3=O)cc2)cc1. The van der Waals surface area contributed by atoms with Gasteiger partial charge in [0.1, 0.15) is 17.2 Å². The first kappa shape index (κ1) is 32.6. The number of hydrogen-bond donors (Lipinski definition) is 0. The zero-order valence-corrected chi connectivity index (χ0v) is 28.7. The van der Waals surface area contributed by atoms with Crippen LogP contribution in [-0.4, -0.2) is 48.5 Å². The van der Waals surface area contributed by atoms with Gasteiger partial charge in [-0.25, -0.2) is 5.01 Å². The predicted octanol–water partition coefficient (Wildman–Crippen LogP) is 6.55. The highest BCUT2D eigenvalue weighted by Crippen LogP contribution is 2.61. The standard InChI is InChI=1S/C40H29ClN2O7S/c1-23-14-20-26(21-15-23)51(48,49)50-25-18-16-24(17-19-25)33(44)22-42(38(45)31-12-6-7-13-32(31)41)43-39(46)36-34-27-8-2-3-9-28(27)35(37(36)40(43)47)30-11-5-4-10-29(30)34/h2-21,34-37H,22H2,1H3/t34?,35?,36-,37-/m0/s1. The lowest BCUT2D eigenvalue weighted by Gasteiger charge is -2.45. The van der Waals surface area contributed by atoms with Crippen LogP contribution in [-0.2, 0) is 19.7 Å². The molecule has 0 saturated carbocycles. The van der Waals surface area contributed by atoms with E-state index in [4.69, 9.17) is 15.8 Å². The number of amides is 3. The molecule has 11 heteroatoms. The summed E-state index contributed by atoms with van der Waals surface area (Å²) in [7, 11) is -4.14. The quantitative estimate of drug-likeness (QED) is 0.102. The smallest absolute Gasteiger partial charge is 0.339 e. The maximum Gasteiger partial charge on any atom is 0.339 e. The molecule has 1 fully saturated rings. The second-order valence-electron chi connectivity index (χ2n) is 12.9. The monoisotopic (exact) mass is 716 g/mol. The number of carbonyl (C=O) groups excluding carboxylic acids is 4. The van der Waals surface area contributed by atoms with E-state index in [1.165, 1.54) is 48.5 Å². The Bertz CT molecular complexity index is 2260. The number of rotatable bonds is 8. The van der Waals surface area contributed by atoms with Gasteiger partial charge < -0.3 is 4.18 Å². The Morgan fingerprint density at radius 2 is 1.20 bits per heavy atom. The molecule has 51 heavy (non-hydrogen) atoms. The van der Waals surface area contributed by atoms with E-state index in [1.54, 1.807) is 24.3 Å². The largest absolute Gasteiger partial charge is 0.379 e. The van der Waals surface area contributed by atoms with Crippen LogP contribution < -0.4 is 4.18 Å². The number of carbonyl (C=O) groups is 4. The Kier molecular flexibility index (Phi) is 7.88. The number of Topliss-reactive ketones (excluding diaryl/α,β-unsaturated/α-hetero) is 1. The molecule has 5 aromatic rings. The first-order valence-electron chi connectivity index (χ1n) is 16.3. The predicted molar refractivity (Wildman–Crippen MR) is 188 cm³/mol. The second kappa shape index (κ2) is 12.3. The summed E-state index contributed by atoms with van der Waals surface area (Å²) in [6.07, 6.45) is 0. The molecule has 9 nitrogen and oxygen atoms in total. The van der Waals surface area contributed by atoms with Gasteiger partial charge in [0.25, 0.3) is 17.7 Å². The number of hydrogen-bond acceptors (Lipinski definition) is 7. The van der Waals surface area contributed by atoms with E-state index >= 15 is 0 Å². The van der Waals surface area contributed by atoms with Crippen LogP contribution in [0.4, 0.5) is 0 Å². The van der Waals surface area contributed by atoms with Crippen molar-refractivity contribution in [3.8, 4) is 5.75 Å². The Morgan fingerprint density at radius 3 is 1.71 bits per heavy atom. The van der Waals surface area contributed by atoms with Crippen LogP contribution in [0, 0.1) is 18.8 Å². The van der Waals surface area contributed by atoms with Crippen LogP contribution in [0.25, 0.3) is 0 Å². The third-order valence-corrected chi connectivity index (χ3v) is 11.6. The molecular weight excluding hydrogens is 688 g/mol. The Balaban J connectivity index is 1.12. The number of nitrogens with zero attached hydrogens (tertiary/aromatic N) is 2. The molecular formula is C40H29ClN2O7S. The molecule has 3 amide bonds. The first-order valence-corrected chi connectivity index (χ1v) is 18.1. The zero-order valence-electron chi connectivity index (χ0n) is 27.1. The van der Waals surface area contributed by atoms with E-state index in [2.05, 4.69) is 0 Å². The van der Waals surface area contributed by atoms with Crippen molar-refractivity contribution in [2.24, 2.45) is 11.8 Å². The van der Waals surface area contributed by atoms with Gasteiger partial charge >= 0.3 is 10.1 Å². The van der Waals surface area contributed by atoms with Gasteiger partial charge in [-0.05, 0) is 77.7 Å². The van der Waals surface area contributed by atoms with Gasteiger partial charge in [-0.1, -0.05) is 90.0 Å². The molecule has 0 radical (unpaired) electrons. The lowest BCUT2D eigenvalue weighted by atomic mass is 9.55. The first-order chi connectivity index (χ1) is 24.5. The van der Waals surface area contributed by atoms with Gasteiger partial charge in [0.05, 0.1) is 22.4 Å². The molecule has 3 aliphatic carbocycles. The van der Waals surface area contributed by atoms with Crippen molar-refractivity contribution in [3.05, 3.63) is 165 Å². The molecule has 4 aliphatic rings. The highest BCUT2D eigenvalue weighted by Gasteiger charge is 2.63. The zero-order chi connectivity index (χ0) is 35.6. The summed E-state index contributed by atoms with van der Waals surface area (Å²) in [6.45, 7) is 1.17. The molecule has 2 bridgehead atoms. The summed E-state index contributed by atoms with van der Waals surface area (Å²) in [5.74, 6) is -4.94. The van der Waals surface area contributed by atoms with Crippen LogP contribution in [0.1, 0.15) is 60.4 Å². The van der Waals surface area contributed by atoms with Crippen LogP contribution in [0.15, 0.2) is 126 Å². The molecule has 0 spiro atoms. The van der Waals surface area contributed by atoms with Gasteiger partial charge in [0.15, 0.2) is 5.78 Å². The maximum absolute atomic E-state index is 14.5. The van der Waals surface area contributed by atoms with Crippen molar-refractivity contribution in [2.75, 3.05) is 6.54 Å². The van der Waals surface area contributed by atoms with Crippen molar-refractivity contribution >= 4 is 45.2 Å². The van der Waals surface area contributed by atoms with Crippen molar-refractivity contribution in [1.82, 2.24) is 10.0 Å². The molecule has 1 saturated heterocycles. The molecule has 9 rings (SSSR count). The number of ketones is 1. The lowest BCUT2D eigenvalue weighted by molar-refractivity contribution is -0.154. The molecule has 5 aromatic carbocycles. The third kappa shape index (κ3) is 5.33. The Morgan fingerprint density at radius 1 is 0.706 bits per heavy atom. The summed E-state index contributed by atoms with van der Waals surface area (Å²) in [5, 5.41) is 1.84. The topological polar surface area (TPSA) is 118 Å². The van der Waals surface area contributed by atoms with Gasteiger partial charge in [-0.3, -0.25) is 19.2 Å². The lowest BCUT2D eigenvalue weighted by Crippen LogP contribution is -2.52. The van der Waals surface area contributed by atoms with E-state index < -0.39 is 63.8 Å². The van der Waals surface area contributed by atoms with E-state index in [-0.39, 0.29) is 26.8 Å². The Hall–Kier alpha value is -5.58. The van der Waals surface area contributed by atoms with Crippen LogP contribution >= 0.6 is 11.6 Å². The van der Waals surface area contributed by atoms with Crippen LogP contribution in [0.5, 0.6) is 5.75 Å². The number of halogens is 1. The summed E-state index contributed by atoms with van der Waals surface area (Å²) in [6, 6.07) is 33.4. The van der Waals surface area contributed by atoms with Crippen molar-refractivity contribution < 1.29 is 31.8 Å². The summed E-state index contributed by atoms with van der Waals surface area (Å²) in [5.41, 5.74) is 4.88. The average molecular weight is 717 g/mol. The minimum Gasteiger partial charge on any atom is -0.379 e. The van der Waals surface area contributed by atoms with E-state index in [9.17, 15) is 27.6 Å². The van der Waals surface area contributed by atoms with Gasteiger partial charge in [0.2, 0.25) is 0 Å². The van der Waals surface area contributed by atoms with Crippen molar-refractivity contribution in [1.29, 1.82) is 0 Å². The molecule has 2 atom stereocenters. The maximum atomic E-state index is 14.5. The van der Waals surface area contributed by atoms with E-state index in [0.717, 1.165) is 37.8 Å². The Labute approximate surface area is 299 Å². The number of aryl methyl sites for hydroxylation is 1. The number of hydrazine groups is 1. The van der Waals surface area contributed by atoms with E-state index in [1.807, 2.05) is 55.5 Å². The summed E-state index contributed by atoms with van der Waals surface area (Å²) >= 11 is 6.43. The molecule has 0 unspecified atom stereocenters. The molecule has 0 aromatic heterocycles. The molecule has 0 N–H and O–H groups in total. The summed E-state index contributed by atoms with van der Waals surface area (Å²) < 4.78 is 30.9. The fraction of sp³-hybridized carbons (Fsp3) is 0.150. The fourth-order valence-electron chi connectivity index (χ4n) is 7.71. The number of imide groups is 1. The van der Waals surface area contributed by atoms with E-state index in [0.29, 0.717) is 0 Å². The minimum atomic E-state index is -4.14. The van der Waals surface area contributed by atoms with Gasteiger partial charge in [-0.2, -0.15) is 13.4 Å².